The van der Waals surface area contributed by atoms with E-state index in [0.29, 0.717) is 13.1 Å². The van der Waals surface area contributed by atoms with Gasteiger partial charge in [0.05, 0.1) is 20.1 Å². The van der Waals surface area contributed by atoms with Crippen LogP contribution in [0.2, 0.25) is 0 Å². The summed E-state index contributed by atoms with van der Waals surface area (Å²) in [5, 5.41) is 0. The number of esters is 1. The quantitative estimate of drug-likeness (QED) is 0.750. The predicted molar refractivity (Wildman–Crippen MR) is 64.5 cm³/mol. The number of nitrogens with zero attached hydrogens (tertiary/aromatic N) is 1. The van der Waals surface area contributed by atoms with Crippen molar-refractivity contribution < 1.29 is 14.3 Å². The van der Waals surface area contributed by atoms with E-state index >= 15 is 0 Å². The molecule has 0 saturated heterocycles. The topological polar surface area (TPSA) is 46.6 Å². The molecule has 0 bridgehead atoms. The largest absolute Gasteiger partial charge is 0.469 e. The Kier molecular flexibility index (Phi) is 3.83. The Morgan fingerprint density at radius 2 is 2.28 bits per heavy atom. The van der Waals surface area contributed by atoms with Gasteiger partial charge in [-0.05, 0) is 24.1 Å². The maximum Gasteiger partial charge on any atom is 0.306 e. The Morgan fingerprint density at radius 3 is 3.06 bits per heavy atom. The second-order valence-corrected chi connectivity index (χ2v) is 4.25. The first-order valence-electron chi connectivity index (χ1n) is 5.95. The lowest BCUT2D eigenvalue weighted by Gasteiger charge is -2.27. The molecular formula is C14H15NO3. The molecule has 2 rings (SSSR count). The number of ether oxygens (including phenoxy) is 1. The number of hydrogen-bond acceptors (Lipinski definition) is 3. The molecule has 0 aliphatic carbocycles. The van der Waals surface area contributed by atoms with Crippen molar-refractivity contribution in [1.29, 1.82) is 0 Å². The number of fused-ring (bicyclic) bond motifs is 1. The van der Waals surface area contributed by atoms with Crippen LogP contribution in [0.4, 0.5) is 0 Å². The molecule has 18 heavy (non-hydrogen) atoms. The van der Waals surface area contributed by atoms with Gasteiger partial charge in [-0.3, -0.25) is 9.59 Å². The van der Waals surface area contributed by atoms with Crippen LogP contribution in [-0.4, -0.2) is 30.4 Å². The van der Waals surface area contributed by atoms with E-state index in [-0.39, 0.29) is 24.7 Å². The van der Waals surface area contributed by atoms with Crippen molar-refractivity contribution in [1.82, 2.24) is 4.90 Å². The lowest BCUT2D eigenvalue weighted by molar-refractivity contribution is -0.143. The Labute approximate surface area is 107 Å². The third-order valence-electron chi connectivity index (χ3n) is 3.10. The minimum atomic E-state index is -0.347. The molecule has 0 fully saturated rings. The van der Waals surface area contributed by atoms with Gasteiger partial charge in [-0.1, -0.05) is 12.1 Å². The summed E-state index contributed by atoms with van der Waals surface area (Å²) in [7, 11) is 1.33. The maximum absolute atomic E-state index is 11.9. The number of amides is 1. The monoisotopic (exact) mass is 245 g/mol. The molecule has 94 valence electrons. The molecule has 0 saturated carbocycles. The van der Waals surface area contributed by atoms with Crippen molar-refractivity contribution in [2.24, 2.45) is 0 Å². The third kappa shape index (κ3) is 2.80. The molecule has 0 unspecified atom stereocenters. The fourth-order valence-electron chi connectivity index (χ4n) is 2.03. The first-order chi connectivity index (χ1) is 8.70. The Morgan fingerprint density at radius 1 is 1.44 bits per heavy atom. The van der Waals surface area contributed by atoms with Gasteiger partial charge < -0.3 is 9.64 Å². The summed E-state index contributed by atoms with van der Waals surface area (Å²) in [5.41, 5.74) is 2.25. The Hall–Kier alpha value is -2.02. The van der Waals surface area contributed by atoms with Gasteiger partial charge in [-0.2, -0.15) is 0 Å². The van der Waals surface area contributed by atoms with E-state index in [0.717, 1.165) is 12.0 Å². The SMILES string of the molecule is COC(=O)CCC(=O)N1CCc2ccc#cc2C1. The van der Waals surface area contributed by atoms with E-state index in [1.807, 2.05) is 12.1 Å². The molecule has 0 atom stereocenters. The second-order valence-electron chi connectivity index (χ2n) is 4.25. The van der Waals surface area contributed by atoms with Crippen molar-refractivity contribution in [2.75, 3.05) is 13.7 Å². The Balaban J connectivity index is 1.92. The van der Waals surface area contributed by atoms with Crippen LogP contribution in [0.25, 0.3) is 0 Å². The molecule has 0 spiro atoms. The number of carbonyl (C=O) groups is 2. The van der Waals surface area contributed by atoms with Gasteiger partial charge in [-0.25, -0.2) is 0 Å². The summed E-state index contributed by atoms with van der Waals surface area (Å²) in [5.74, 6) is -0.357. The smallest absolute Gasteiger partial charge is 0.306 e. The zero-order valence-corrected chi connectivity index (χ0v) is 10.4. The number of rotatable bonds is 3. The van der Waals surface area contributed by atoms with Gasteiger partial charge in [0.1, 0.15) is 0 Å². The van der Waals surface area contributed by atoms with Crippen molar-refractivity contribution in [3.63, 3.8) is 0 Å². The normalized spacial score (nSPS) is 13.5. The molecule has 1 aliphatic heterocycles. The van der Waals surface area contributed by atoms with E-state index in [9.17, 15) is 9.59 Å². The fourth-order valence-corrected chi connectivity index (χ4v) is 2.03. The summed E-state index contributed by atoms with van der Waals surface area (Å²) in [6, 6.07) is 9.80. The first kappa shape index (κ1) is 12.4. The summed E-state index contributed by atoms with van der Waals surface area (Å²) >= 11 is 0. The zero-order chi connectivity index (χ0) is 13.0. The van der Waals surface area contributed by atoms with Crippen LogP contribution >= 0.6 is 0 Å². The molecule has 1 aliphatic rings. The molecule has 4 nitrogen and oxygen atoms in total. The van der Waals surface area contributed by atoms with Crippen LogP contribution in [0.3, 0.4) is 0 Å². The van der Waals surface area contributed by atoms with Gasteiger partial charge in [0.25, 0.3) is 0 Å². The molecule has 1 amide bonds. The van der Waals surface area contributed by atoms with Gasteiger partial charge in [0, 0.05) is 18.5 Å². The Bertz CT molecular complexity index is 456. The minimum Gasteiger partial charge on any atom is -0.469 e. The van der Waals surface area contributed by atoms with Crippen LogP contribution in [-0.2, 0) is 27.3 Å². The van der Waals surface area contributed by atoms with E-state index in [4.69, 9.17) is 0 Å². The predicted octanol–water partition coefficient (Wildman–Crippen LogP) is 1.12. The maximum atomic E-state index is 11.9. The molecule has 4 heteroatoms. The van der Waals surface area contributed by atoms with E-state index in [2.05, 4.69) is 16.9 Å². The fraction of sp³-hybridized carbons (Fsp3) is 0.429. The van der Waals surface area contributed by atoms with Crippen LogP contribution < -0.4 is 0 Å². The lowest BCUT2D eigenvalue weighted by atomic mass is 10.0. The van der Waals surface area contributed by atoms with Crippen molar-refractivity contribution in [2.45, 2.75) is 25.8 Å². The summed E-state index contributed by atoms with van der Waals surface area (Å²) < 4.78 is 4.52. The van der Waals surface area contributed by atoms with Crippen LogP contribution in [0.5, 0.6) is 0 Å². The summed E-state index contributed by atoms with van der Waals surface area (Å²) in [6.45, 7) is 1.26. The molecular weight excluding hydrogens is 230 g/mol. The van der Waals surface area contributed by atoms with Crippen molar-refractivity contribution in [3.05, 3.63) is 35.4 Å². The van der Waals surface area contributed by atoms with Gasteiger partial charge >= 0.3 is 5.97 Å². The average Bonchev–Trinajstić information content (AvgIpc) is 2.43. The van der Waals surface area contributed by atoms with Crippen molar-refractivity contribution in [3.8, 4) is 0 Å². The standard InChI is InChI=1S/C14H15NO3/c1-18-14(17)7-6-13(16)15-9-8-11-4-2-3-5-12(11)10-15/h2,4H,6-10H2,1H3. The lowest BCUT2D eigenvalue weighted by Crippen LogP contribution is -2.36. The highest BCUT2D eigenvalue weighted by Gasteiger charge is 2.20. The highest BCUT2D eigenvalue weighted by atomic mass is 16.5. The van der Waals surface area contributed by atoms with Gasteiger partial charge in [0.2, 0.25) is 5.91 Å². The average molecular weight is 245 g/mol. The highest BCUT2D eigenvalue weighted by molar-refractivity contribution is 5.81. The molecule has 0 aromatic heterocycles. The van der Waals surface area contributed by atoms with Crippen LogP contribution in [0, 0.1) is 12.1 Å². The van der Waals surface area contributed by atoms with Gasteiger partial charge in [-0.15, -0.1) is 0 Å². The third-order valence-corrected chi connectivity index (χ3v) is 3.10. The van der Waals surface area contributed by atoms with Crippen LogP contribution in [0.1, 0.15) is 24.0 Å². The van der Waals surface area contributed by atoms with E-state index < -0.39 is 0 Å². The summed E-state index contributed by atoms with van der Waals surface area (Å²) in [6.07, 6.45) is 1.19. The van der Waals surface area contributed by atoms with Crippen molar-refractivity contribution >= 4 is 11.9 Å². The second kappa shape index (κ2) is 5.54. The first-order valence-corrected chi connectivity index (χ1v) is 5.95. The number of carbonyl (C=O) groups excluding carboxylic acids is 2. The molecule has 0 N–H and O–H groups in total. The van der Waals surface area contributed by atoms with E-state index in [1.54, 1.807) is 4.90 Å². The summed E-state index contributed by atoms with van der Waals surface area (Å²) in [4.78, 5) is 24.7. The molecule has 1 aromatic carbocycles. The number of hydrogen-bond donors (Lipinski definition) is 0. The zero-order valence-electron chi connectivity index (χ0n) is 10.4. The molecule has 0 radical (unpaired) electrons. The molecule has 1 aromatic rings. The van der Waals surface area contributed by atoms with Gasteiger partial charge in [0.15, 0.2) is 0 Å². The van der Waals surface area contributed by atoms with E-state index in [1.165, 1.54) is 12.7 Å². The number of methoxy groups -OCH3 is 1. The minimum absolute atomic E-state index is 0.0108. The molecule has 1 heterocycles. The highest BCUT2D eigenvalue weighted by Crippen LogP contribution is 2.17. The van der Waals surface area contributed by atoms with Crippen LogP contribution in [0.15, 0.2) is 12.1 Å².